The summed E-state index contributed by atoms with van der Waals surface area (Å²) in [5, 5.41) is 12.8. The van der Waals surface area contributed by atoms with Crippen molar-refractivity contribution in [3.8, 4) is 5.75 Å². The molecule has 2 aromatic rings. The zero-order valence-corrected chi connectivity index (χ0v) is 11.0. The van der Waals surface area contributed by atoms with E-state index in [1.54, 1.807) is 24.3 Å². The number of aliphatic hydroxyl groups excluding tert-OH is 1. The number of thiophene rings is 1. The highest BCUT2D eigenvalue weighted by Crippen LogP contribution is 2.36. The van der Waals surface area contributed by atoms with E-state index in [1.807, 2.05) is 17.5 Å². The van der Waals surface area contributed by atoms with E-state index in [0.717, 1.165) is 10.1 Å². The number of ether oxygens (including phenoxy) is 2. The lowest BCUT2D eigenvalue weighted by molar-refractivity contribution is -0.153. The van der Waals surface area contributed by atoms with Crippen molar-refractivity contribution in [2.75, 3.05) is 13.7 Å². The first kappa shape index (κ1) is 12.9. The molecule has 2 rings (SSSR count). The Hall–Kier alpha value is -1.59. The molecule has 0 bridgehead atoms. The number of aliphatic hydroxyl groups is 1. The second-order valence-corrected chi connectivity index (χ2v) is 4.62. The molecule has 0 aliphatic carbocycles. The summed E-state index contributed by atoms with van der Waals surface area (Å²) in [5.74, 6) is -0.139. The van der Waals surface area contributed by atoms with Crippen LogP contribution in [0.1, 0.15) is 18.6 Å². The molecule has 0 aliphatic rings. The molecule has 1 atom stereocenters. The van der Waals surface area contributed by atoms with Crippen molar-refractivity contribution >= 4 is 27.4 Å². The summed E-state index contributed by atoms with van der Waals surface area (Å²) >= 11 is 1.58. The maximum absolute atomic E-state index is 11.6. The van der Waals surface area contributed by atoms with Crippen LogP contribution in [-0.2, 0) is 9.53 Å². The molecule has 0 saturated carbocycles. The fourth-order valence-corrected chi connectivity index (χ4v) is 2.61. The topological polar surface area (TPSA) is 55.8 Å². The third-order valence-corrected chi connectivity index (χ3v) is 3.51. The van der Waals surface area contributed by atoms with E-state index in [4.69, 9.17) is 9.47 Å². The number of hydrogen-bond donors (Lipinski definition) is 1. The first-order chi connectivity index (χ1) is 8.69. The highest BCUT2D eigenvalue weighted by atomic mass is 32.1. The van der Waals surface area contributed by atoms with Gasteiger partial charge in [-0.15, -0.1) is 11.3 Å². The first-order valence-electron chi connectivity index (χ1n) is 5.57. The van der Waals surface area contributed by atoms with Crippen LogP contribution >= 0.6 is 11.3 Å². The van der Waals surface area contributed by atoms with Gasteiger partial charge in [0.15, 0.2) is 6.10 Å². The van der Waals surface area contributed by atoms with Crippen LogP contribution < -0.4 is 4.74 Å². The summed E-state index contributed by atoms with van der Waals surface area (Å²) in [6.45, 7) is 1.93. The number of carbonyl (C=O) groups excluding carboxylic acids is 1. The van der Waals surface area contributed by atoms with Crippen LogP contribution in [0.15, 0.2) is 23.6 Å². The quantitative estimate of drug-likeness (QED) is 0.864. The first-order valence-corrected chi connectivity index (χ1v) is 6.45. The van der Waals surface area contributed by atoms with Crippen LogP contribution in [-0.4, -0.2) is 24.8 Å². The van der Waals surface area contributed by atoms with Crippen molar-refractivity contribution in [1.29, 1.82) is 0 Å². The predicted molar refractivity (Wildman–Crippen MR) is 70.0 cm³/mol. The minimum atomic E-state index is -1.32. The summed E-state index contributed by atoms with van der Waals surface area (Å²) in [6.07, 6.45) is -1.32. The molecule has 96 valence electrons. The molecule has 0 aliphatic heterocycles. The van der Waals surface area contributed by atoms with Crippen LogP contribution in [0.2, 0.25) is 0 Å². The van der Waals surface area contributed by atoms with Gasteiger partial charge in [0.05, 0.1) is 13.7 Å². The Morgan fingerprint density at radius 3 is 2.89 bits per heavy atom. The van der Waals surface area contributed by atoms with Gasteiger partial charge in [-0.1, -0.05) is 6.07 Å². The van der Waals surface area contributed by atoms with Gasteiger partial charge in [-0.25, -0.2) is 4.79 Å². The molecule has 1 N–H and O–H groups in total. The second-order valence-electron chi connectivity index (χ2n) is 3.68. The molecule has 1 heterocycles. The molecule has 5 heteroatoms. The summed E-state index contributed by atoms with van der Waals surface area (Å²) in [5.41, 5.74) is 0.432. The Balaban J connectivity index is 2.46. The number of rotatable bonds is 4. The maximum atomic E-state index is 11.6. The number of methoxy groups -OCH3 is 1. The highest BCUT2D eigenvalue weighted by molar-refractivity contribution is 7.17. The lowest BCUT2D eigenvalue weighted by atomic mass is 10.1. The lowest BCUT2D eigenvalue weighted by Gasteiger charge is -2.14. The molecule has 0 radical (unpaired) electrons. The van der Waals surface area contributed by atoms with E-state index in [1.165, 1.54) is 7.11 Å². The van der Waals surface area contributed by atoms with E-state index < -0.39 is 12.1 Å². The van der Waals surface area contributed by atoms with Gasteiger partial charge in [-0.2, -0.15) is 0 Å². The number of fused-ring (bicyclic) bond motifs is 1. The van der Waals surface area contributed by atoms with E-state index in [-0.39, 0.29) is 6.61 Å². The Morgan fingerprint density at radius 1 is 1.44 bits per heavy atom. The Labute approximate surface area is 109 Å². The average Bonchev–Trinajstić information content (AvgIpc) is 2.85. The van der Waals surface area contributed by atoms with Gasteiger partial charge in [0.25, 0.3) is 0 Å². The predicted octanol–water partition coefficient (Wildman–Crippen LogP) is 2.51. The largest absolute Gasteiger partial charge is 0.496 e. The Kier molecular flexibility index (Phi) is 3.84. The molecule has 1 aromatic carbocycles. The monoisotopic (exact) mass is 266 g/mol. The van der Waals surface area contributed by atoms with Gasteiger partial charge in [-0.3, -0.25) is 0 Å². The van der Waals surface area contributed by atoms with Gasteiger partial charge in [0.1, 0.15) is 5.75 Å². The number of benzene rings is 1. The number of carbonyl (C=O) groups is 1. The van der Waals surface area contributed by atoms with Crippen molar-refractivity contribution < 1.29 is 19.4 Å². The number of esters is 1. The fraction of sp³-hybridized carbons (Fsp3) is 0.308. The lowest BCUT2D eigenvalue weighted by Crippen LogP contribution is -2.16. The van der Waals surface area contributed by atoms with Crippen LogP contribution in [0.4, 0.5) is 0 Å². The SMILES string of the molecule is CCOC(=O)C(O)c1ccc2sccc2c1OC. The molecule has 4 nitrogen and oxygen atoms in total. The molecule has 0 spiro atoms. The molecular weight excluding hydrogens is 252 g/mol. The molecule has 0 fully saturated rings. The molecule has 18 heavy (non-hydrogen) atoms. The summed E-state index contributed by atoms with van der Waals surface area (Å²) in [6, 6.07) is 5.46. The van der Waals surface area contributed by atoms with Crippen molar-refractivity contribution in [1.82, 2.24) is 0 Å². The molecular formula is C13H14O4S. The third-order valence-electron chi connectivity index (χ3n) is 2.62. The van der Waals surface area contributed by atoms with E-state index in [2.05, 4.69) is 0 Å². The van der Waals surface area contributed by atoms with Crippen molar-refractivity contribution in [2.45, 2.75) is 13.0 Å². The van der Waals surface area contributed by atoms with E-state index >= 15 is 0 Å². The Bertz CT molecular complexity index is 561. The summed E-state index contributed by atoms with van der Waals surface area (Å²) < 4.78 is 11.2. The molecule has 1 unspecified atom stereocenters. The van der Waals surface area contributed by atoms with Gasteiger partial charge in [0.2, 0.25) is 0 Å². The summed E-state index contributed by atoms with van der Waals surface area (Å²) in [7, 11) is 1.52. The Morgan fingerprint density at radius 2 is 2.22 bits per heavy atom. The summed E-state index contributed by atoms with van der Waals surface area (Å²) in [4.78, 5) is 11.6. The zero-order valence-electron chi connectivity index (χ0n) is 10.2. The molecule has 0 saturated heterocycles. The van der Waals surface area contributed by atoms with Gasteiger partial charge in [-0.05, 0) is 24.4 Å². The van der Waals surface area contributed by atoms with Crippen LogP contribution in [0, 0.1) is 0 Å². The van der Waals surface area contributed by atoms with E-state index in [9.17, 15) is 9.90 Å². The van der Waals surface area contributed by atoms with Gasteiger partial charge < -0.3 is 14.6 Å². The van der Waals surface area contributed by atoms with Crippen LogP contribution in [0.25, 0.3) is 10.1 Å². The van der Waals surface area contributed by atoms with Crippen molar-refractivity contribution in [2.24, 2.45) is 0 Å². The molecule has 1 aromatic heterocycles. The molecule has 0 amide bonds. The average molecular weight is 266 g/mol. The minimum Gasteiger partial charge on any atom is -0.496 e. The smallest absolute Gasteiger partial charge is 0.339 e. The van der Waals surface area contributed by atoms with Crippen molar-refractivity contribution in [3.05, 3.63) is 29.1 Å². The normalized spacial score (nSPS) is 12.4. The van der Waals surface area contributed by atoms with Crippen molar-refractivity contribution in [3.63, 3.8) is 0 Å². The van der Waals surface area contributed by atoms with Gasteiger partial charge in [0, 0.05) is 15.6 Å². The standard InChI is InChI=1S/C13H14O4S/c1-3-17-13(15)11(14)9-4-5-10-8(6-7-18-10)12(9)16-2/h4-7,11,14H,3H2,1-2H3. The fourth-order valence-electron chi connectivity index (χ4n) is 1.83. The highest BCUT2D eigenvalue weighted by Gasteiger charge is 2.23. The maximum Gasteiger partial charge on any atom is 0.339 e. The number of hydrogen-bond acceptors (Lipinski definition) is 5. The second kappa shape index (κ2) is 5.37. The van der Waals surface area contributed by atoms with Crippen LogP contribution in [0.3, 0.4) is 0 Å². The zero-order chi connectivity index (χ0) is 13.1. The van der Waals surface area contributed by atoms with E-state index in [0.29, 0.717) is 11.3 Å². The van der Waals surface area contributed by atoms with Crippen LogP contribution in [0.5, 0.6) is 5.75 Å². The minimum absolute atomic E-state index is 0.235. The van der Waals surface area contributed by atoms with Gasteiger partial charge >= 0.3 is 5.97 Å². The third kappa shape index (κ3) is 2.19.